The van der Waals surface area contributed by atoms with E-state index in [1.165, 1.54) is 6.42 Å². The maximum Gasteiger partial charge on any atom is 0.287 e. The topological polar surface area (TPSA) is 76.4 Å². The van der Waals surface area contributed by atoms with Gasteiger partial charge in [-0.3, -0.25) is 4.79 Å². The molecule has 1 amide bonds. The molecule has 5 nitrogen and oxygen atoms in total. The van der Waals surface area contributed by atoms with Crippen LogP contribution in [0.3, 0.4) is 0 Å². The molecule has 0 bridgehead atoms. The van der Waals surface area contributed by atoms with Gasteiger partial charge in [0.1, 0.15) is 11.5 Å². The van der Waals surface area contributed by atoms with E-state index in [0.717, 1.165) is 24.0 Å². The lowest BCUT2D eigenvalue weighted by atomic mass is 9.78. The molecule has 152 valence electrons. The lowest BCUT2D eigenvalue weighted by molar-refractivity contribution is 0.0861. The Morgan fingerprint density at radius 2 is 1.79 bits per heavy atom. The average Bonchev–Trinajstić information content (AvgIpc) is 3.08. The molecule has 1 aliphatic carbocycles. The molecular weight excluding hydrogens is 374 g/mol. The SMILES string of the molecule is Cc1ccc(CS(=O)(=O)Cc2ccc(C(=O)NC3CCCC(C)C3C)o2)cc1. The van der Waals surface area contributed by atoms with Crippen molar-refractivity contribution in [2.24, 2.45) is 11.8 Å². The summed E-state index contributed by atoms with van der Waals surface area (Å²) in [6.45, 7) is 6.34. The van der Waals surface area contributed by atoms with E-state index in [4.69, 9.17) is 4.42 Å². The summed E-state index contributed by atoms with van der Waals surface area (Å²) in [5, 5.41) is 3.05. The number of hydrogen-bond donors (Lipinski definition) is 1. The highest BCUT2D eigenvalue weighted by Gasteiger charge is 2.29. The molecule has 3 rings (SSSR count). The Morgan fingerprint density at radius 3 is 2.50 bits per heavy atom. The number of furan rings is 1. The summed E-state index contributed by atoms with van der Waals surface area (Å²) in [5.74, 6) is 0.930. The molecule has 3 atom stereocenters. The fourth-order valence-electron chi connectivity index (χ4n) is 3.81. The van der Waals surface area contributed by atoms with Gasteiger partial charge >= 0.3 is 0 Å². The molecule has 3 unspecified atom stereocenters. The zero-order valence-electron chi connectivity index (χ0n) is 16.8. The predicted molar refractivity (Wildman–Crippen MR) is 110 cm³/mol. The zero-order valence-corrected chi connectivity index (χ0v) is 17.6. The van der Waals surface area contributed by atoms with E-state index in [-0.39, 0.29) is 29.2 Å². The second-order valence-corrected chi connectivity index (χ2v) is 10.2. The van der Waals surface area contributed by atoms with Gasteiger partial charge in [-0.2, -0.15) is 0 Å². The first-order chi connectivity index (χ1) is 13.2. The van der Waals surface area contributed by atoms with Gasteiger partial charge in [-0.05, 0) is 42.9 Å². The molecule has 1 heterocycles. The number of carbonyl (C=O) groups is 1. The van der Waals surface area contributed by atoms with Crippen LogP contribution >= 0.6 is 0 Å². The minimum Gasteiger partial charge on any atom is -0.455 e. The number of aryl methyl sites for hydroxylation is 1. The van der Waals surface area contributed by atoms with E-state index in [0.29, 0.717) is 17.6 Å². The van der Waals surface area contributed by atoms with Gasteiger partial charge in [0.2, 0.25) is 0 Å². The van der Waals surface area contributed by atoms with Gasteiger partial charge in [0.25, 0.3) is 5.91 Å². The lowest BCUT2D eigenvalue weighted by Crippen LogP contribution is -2.43. The predicted octanol–water partition coefficient (Wildman–Crippen LogP) is 4.26. The maximum absolute atomic E-state index is 12.5. The third-order valence-electron chi connectivity index (χ3n) is 5.78. The second kappa shape index (κ2) is 8.52. The number of sulfone groups is 1. The maximum atomic E-state index is 12.5. The first kappa shape index (κ1) is 20.6. The zero-order chi connectivity index (χ0) is 20.3. The minimum absolute atomic E-state index is 0.0486. The van der Waals surface area contributed by atoms with Crippen LogP contribution in [0.5, 0.6) is 0 Å². The largest absolute Gasteiger partial charge is 0.455 e. The van der Waals surface area contributed by atoms with Crippen LogP contribution in [-0.2, 0) is 21.3 Å². The molecule has 0 spiro atoms. The van der Waals surface area contributed by atoms with Crippen LogP contribution in [0.1, 0.15) is 60.6 Å². The highest BCUT2D eigenvalue weighted by atomic mass is 32.2. The quantitative estimate of drug-likeness (QED) is 0.782. The second-order valence-electron chi connectivity index (χ2n) is 8.13. The van der Waals surface area contributed by atoms with Crippen molar-refractivity contribution in [3.63, 3.8) is 0 Å². The molecule has 1 fully saturated rings. The molecule has 1 N–H and O–H groups in total. The third kappa shape index (κ3) is 5.25. The fourth-order valence-corrected chi connectivity index (χ4v) is 5.20. The van der Waals surface area contributed by atoms with E-state index in [1.54, 1.807) is 12.1 Å². The normalized spacial score (nSPS) is 22.8. The third-order valence-corrected chi connectivity index (χ3v) is 7.28. The molecule has 2 aromatic rings. The summed E-state index contributed by atoms with van der Waals surface area (Å²) in [7, 11) is -3.38. The van der Waals surface area contributed by atoms with Crippen molar-refractivity contribution >= 4 is 15.7 Å². The highest BCUT2D eigenvalue weighted by Crippen LogP contribution is 2.29. The van der Waals surface area contributed by atoms with Crippen LogP contribution in [-0.4, -0.2) is 20.4 Å². The number of nitrogens with one attached hydrogen (secondary N) is 1. The first-order valence-electron chi connectivity index (χ1n) is 9.89. The summed E-state index contributed by atoms with van der Waals surface area (Å²) in [4.78, 5) is 12.5. The Bertz CT molecular complexity index is 914. The Labute approximate surface area is 167 Å². The molecule has 1 saturated carbocycles. The van der Waals surface area contributed by atoms with E-state index < -0.39 is 9.84 Å². The molecule has 1 aromatic heterocycles. The molecule has 0 radical (unpaired) electrons. The number of amides is 1. The van der Waals surface area contributed by atoms with Gasteiger partial charge in [-0.25, -0.2) is 8.42 Å². The summed E-state index contributed by atoms with van der Waals surface area (Å²) >= 11 is 0. The van der Waals surface area contributed by atoms with Crippen LogP contribution in [0.15, 0.2) is 40.8 Å². The molecule has 28 heavy (non-hydrogen) atoms. The fraction of sp³-hybridized carbons (Fsp3) is 0.500. The Morgan fingerprint density at radius 1 is 1.07 bits per heavy atom. The average molecular weight is 404 g/mol. The van der Waals surface area contributed by atoms with E-state index >= 15 is 0 Å². The molecular formula is C22H29NO4S. The highest BCUT2D eigenvalue weighted by molar-refractivity contribution is 7.89. The number of rotatable bonds is 6. The van der Waals surface area contributed by atoms with Crippen molar-refractivity contribution in [3.8, 4) is 0 Å². The van der Waals surface area contributed by atoms with E-state index in [1.807, 2.05) is 31.2 Å². The summed E-state index contributed by atoms with van der Waals surface area (Å²) < 4.78 is 30.5. The van der Waals surface area contributed by atoms with Crippen LogP contribution in [0.4, 0.5) is 0 Å². The van der Waals surface area contributed by atoms with E-state index in [9.17, 15) is 13.2 Å². The smallest absolute Gasteiger partial charge is 0.287 e. The van der Waals surface area contributed by atoms with Gasteiger partial charge < -0.3 is 9.73 Å². The molecule has 6 heteroatoms. The van der Waals surface area contributed by atoms with Crippen molar-refractivity contribution in [1.82, 2.24) is 5.32 Å². The van der Waals surface area contributed by atoms with Crippen molar-refractivity contribution in [1.29, 1.82) is 0 Å². The van der Waals surface area contributed by atoms with Gasteiger partial charge in [-0.1, -0.05) is 56.5 Å². The van der Waals surface area contributed by atoms with Crippen molar-refractivity contribution in [3.05, 3.63) is 59.0 Å². The summed E-state index contributed by atoms with van der Waals surface area (Å²) in [6, 6.07) is 10.7. The van der Waals surface area contributed by atoms with Crippen molar-refractivity contribution in [2.75, 3.05) is 0 Å². The van der Waals surface area contributed by atoms with Crippen LogP contribution in [0.2, 0.25) is 0 Å². The molecule has 1 aliphatic rings. The lowest BCUT2D eigenvalue weighted by Gasteiger charge is -2.34. The first-order valence-corrected chi connectivity index (χ1v) is 11.7. The number of hydrogen-bond acceptors (Lipinski definition) is 4. The monoisotopic (exact) mass is 403 g/mol. The molecule has 1 aromatic carbocycles. The standard InChI is InChI=1S/C22H29NO4S/c1-15-7-9-18(10-8-15)13-28(25,26)14-19-11-12-21(27-19)22(24)23-20-6-4-5-16(2)17(20)3/h7-12,16-17,20H,4-6,13-14H2,1-3H3,(H,23,24). The van der Waals surface area contributed by atoms with Gasteiger partial charge in [0.05, 0.1) is 5.75 Å². The summed E-state index contributed by atoms with van der Waals surface area (Å²) in [6.07, 6.45) is 3.27. The van der Waals surface area contributed by atoms with Crippen molar-refractivity contribution < 1.29 is 17.6 Å². The van der Waals surface area contributed by atoms with Crippen LogP contribution < -0.4 is 5.32 Å². The minimum atomic E-state index is -3.38. The number of benzene rings is 1. The van der Waals surface area contributed by atoms with Gasteiger partial charge in [-0.15, -0.1) is 0 Å². The molecule has 0 aliphatic heterocycles. The Hall–Kier alpha value is -2.08. The summed E-state index contributed by atoms with van der Waals surface area (Å²) in [5.41, 5.74) is 1.83. The molecule has 0 saturated heterocycles. The van der Waals surface area contributed by atoms with Crippen LogP contribution in [0, 0.1) is 18.8 Å². The Kier molecular flexibility index (Phi) is 6.28. The van der Waals surface area contributed by atoms with Crippen molar-refractivity contribution in [2.45, 2.75) is 57.6 Å². The van der Waals surface area contributed by atoms with Gasteiger partial charge in [0.15, 0.2) is 15.6 Å². The van der Waals surface area contributed by atoms with Gasteiger partial charge in [0, 0.05) is 6.04 Å². The number of carbonyl (C=O) groups excluding carboxylic acids is 1. The Balaban J connectivity index is 1.61. The van der Waals surface area contributed by atoms with Crippen LogP contribution in [0.25, 0.3) is 0 Å². The van der Waals surface area contributed by atoms with E-state index in [2.05, 4.69) is 19.2 Å².